The maximum atomic E-state index is 12.8. The number of hydrogen-bond acceptors (Lipinski definition) is 5. The van der Waals surface area contributed by atoms with Gasteiger partial charge in [0.25, 0.3) is 0 Å². The smallest absolute Gasteiger partial charge is 0.241 e. The Hall–Kier alpha value is -3.54. The third kappa shape index (κ3) is 6.85. The molecule has 1 amide bonds. The zero-order valence-electron chi connectivity index (χ0n) is 20.4. The van der Waals surface area contributed by atoms with Gasteiger partial charge in [-0.2, -0.15) is 5.26 Å². The number of hydrogen-bond donors (Lipinski definition) is 0. The Morgan fingerprint density at radius 3 is 2.53 bits per heavy atom. The molecule has 2 heterocycles. The lowest BCUT2D eigenvalue weighted by molar-refractivity contribution is -0.121. The quantitative estimate of drug-likeness (QED) is 0.275. The molecule has 1 aliphatic rings. The third-order valence-electron chi connectivity index (χ3n) is 6.09. The van der Waals surface area contributed by atoms with Crippen LogP contribution in [-0.4, -0.2) is 40.0 Å². The van der Waals surface area contributed by atoms with Gasteiger partial charge in [-0.3, -0.25) is 9.69 Å². The van der Waals surface area contributed by atoms with Crippen LogP contribution in [0.3, 0.4) is 0 Å². The van der Waals surface area contributed by atoms with E-state index in [2.05, 4.69) is 20.5 Å². The van der Waals surface area contributed by atoms with Crippen LogP contribution < -0.4 is 9.64 Å². The molecule has 1 aromatic heterocycles. The van der Waals surface area contributed by atoms with Crippen LogP contribution in [0.25, 0.3) is 0 Å². The van der Waals surface area contributed by atoms with E-state index in [1.54, 1.807) is 23.4 Å². The lowest BCUT2D eigenvalue weighted by atomic mass is 10.1. The highest BCUT2D eigenvalue weighted by Gasteiger charge is 2.26. The van der Waals surface area contributed by atoms with Gasteiger partial charge in [-0.1, -0.05) is 41.9 Å². The van der Waals surface area contributed by atoms with E-state index in [-0.39, 0.29) is 30.7 Å². The SMILES string of the molecule is Cl.Cl.N#Cc1ccc(Cn2cncc2CN2CCN(c3cccc(Cl)c3)C(=O)C2)cc1Oc1ccccc1. The molecule has 0 aliphatic carbocycles. The summed E-state index contributed by atoms with van der Waals surface area (Å²) in [6.45, 7) is 2.85. The van der Waals surface area contributed by atoms with E-state index >= 15 is 0 Å². The molecule has 1 fully saturated rings. The first-order chi connectivity index (χ1) is 17.6. The molecule has 0 saturated carbocycles. The summed E-state index contributed by atoms with van der Waals surface area (Å²) in [5.41, 5.74) is 3.30. The standard InChI is InChI=1S/C28H24ClN5O2.2ClH/c29-23-5-4-6-24(14-23)34-12-11-32(19-28(34)35)18-25-16-31-20-33(25)17-21-9-10-22(15-30)27(13-21)36-26-7-2-1-3-8-26;;/h1-10,13-14,16,20H,11-12,17-19H2;2*1H. The van der Waals surface area contributed by atoms with E-state index in [1.807, 2.05) is 66.9 Å². The maximum Gasteiger partial charge on any atom is 0.241 e. The van der Waals surface area contributed by atoms with Gasteiger partial charge in [-0.25, -0.2) is 4.98 Å². The number of nitrogens with zero attached hydrogens (tertiary/aromatic N) is 5. The number of aromatic nitrogens is 2. The summed E-state index contributed by atoms with van der Waals surface area (Å²) in [5.74, 6) is 1.24. The fourth-order valence-corrected chi connectivity index (χ4v) is 4.46. The molecule has 7 nitrogen and oxygen atoms in total. The zero-order chi connectivity index (χ0) is 24.9. The summed E-state index contributed by atoms with van der Waals surface area (Å²) < 4.78 is 8.03. The molecule has 0 bridgehead atoms. The van der Waals surface area contributed by atoms with Crippen LogP contribution in [0.5, 0.6) is 11.5 Å². The van der Waals surface area contributed by atoms with Gasteiger partial charge in [-0.05, 0) is 48.0 Å². The number of benzene rings is 3. The Bertz CT molecular complexity index is 1420. The maximum absolute atomic E-state index is 12.8. The molecule has 0 spiro atoms. The average Bonchev–Trinajstić information content (AvgIpc) is 3.31. The van der Waals surface area contributed by atoms with Crippen molar-refractivity contribution in [3.63, 3.8) is 0 Å². The van der Waals surface area contributed by atoms with Crippen molar-refractivity contribution in [3.8, 4) is 17.6 Å². The van der Waals surface area contributed by atoms with Gasteiger partial charge < -0.3 is 14.2 Å². The number of halogens is 3. The molecule has 10 heteroatoms. The summed E-state index contributed by atoms with van der Waals surface area (Å²) in [5, 5.41) is 10.1. The molecule has 0 atom stereocenters. The fraction of sp³-hybridized carbons (Fsp3) is 0.179. The highest BCUT2D eigenvalue weighted by molar-refractivity contribution is 6.30. The zero-order valence-corrected chi connectivity index (χ0v) is 22.8. The van der Waals surface area contributed by atoms with Gasteiger partial charge in [0.2, 0.25) is 5.91 Å². The minimum atomic E-state index is 0. The Morgan fingerprint density at radius 2 is 1.79 bits per heavy atom. The van der Waals surface area contributed by atoms with Crippen LogP contribution in [0, 0.1) is 11.3 Å². The van der Waals surface area contributed by atoms with Gasteiger partial charge in [0, 0.05) is 43.1 Å². The molecule has 1 saturated heterocycles. The minimum Gasteiger partial charge on any atom is -0.456 e. The Balaban J connectivity index is 0.00000200. The van der Waals surface area contributed by atoms with Gasteiger partial charge >= 0.3 is 0 Å². The predicted molar refractivity (Wildman–Crippen MR) is 153 cm³/mol. The summed E-state index contributed by atoms with van der Waals surface area (Å²) in [6, 6.07) is 24.6. The van der Waals surface area contributed by atoms with Crippen LogP contribution in [0.1, 0.15) is 16.8 Å². The van der Waals surface area contributed by atoms with E-state index in [0.29, 0.717) is 48.3 Å². The van der Waals surface area contributed by atoms with Gasteiger partial charge in [-0.15, -0.1) is 24.8 Å². The highest BCUT2D eigenvalue weighted by atomic mass is 35.5. The second-order valence-corrected chi connectivity index (χ2v) is 9.04. The summed E-state index contributed by atoms with van der Waals surface area (Å²) >= 11 is 6.10. The Kier molecular flexibility index (Phi) is 10.2. The van der Waals surface area contributed by atoms with Crippen molar-refractivity contribution >= 4 is 48.0 Å². The number of ether oxygens (including phenoxy) is 1. The lowest BCUT2D eigenvalue weighted by Gasteiger charge is -2.34. The number of carbonyl (C=O) groups is 1. The topological polar surface area (TPSA) is 74.4 Å². The first-order valence-electron chi connectivity index (χ1n) is 11.6. The second-order valence-electron chi connectivity index (χ2n) is 8.61. The van der Waals surface area contributed by atoms with Crippen molar-refractivity contribution < 1.29 is 9.53 Å². The van der Waals surface area contributed by atoms with Crippen LogP contribution in [0.15, 0.2) is 85.3 Å². The molecule has 5 rings (SSSR count). The van der Waals surface area contributed by atoms with E-state index in [9.17, 15) is 10.1 Å². The van der Waals surface area contributed by atoms with Crippen molar-refractivity contribution in [1.82, 2.24) is 14.5 Å². The summed E-state index contributed by atoms with van der Waals surface area (Å²) in [4.78, 5) is 21.1. The number of anilines is 1. The first kappa shape index (κ1) is 29.0. The van der Waals surface area contributed by atoms with E-state index in [4.69, 9.17) is 16.3 Å². The van der Waals surface area contributed by atoms with E-state index in [1.165, 1.54) is 0 Å². The normalized spacial score (nSPS) is 13.3. The Labute approximate surface area is 239 Å². The van der Waals surface area contributed by atoms with Crippen LogP contribution in [0.4, 0.5) is 5.69 Å². The first-order valence-corrected chi connectivity index (χ1v) is 12.0. The lowest BCUT2D eigenvalue weighted by Crippen LogP contribution is -2.50. The molecule has 0 N–H and O–H groups in total. The number of amides is 1. The number of nitriles is 1. The molecule has 196 valence electrons. The van der Waals surface area contributed by atoms with Gasteiger partial charge in [0.15, 0.2) is 0 Å². The molecule has 38 heavy (non-hydrogen) atoms. The van der Waals surface area contributed by atoms with Crippen LogP contribution in [-0.2, 0) is 17.9 Å². The van der Waals surface area contributed by atoms with E-state index in [0.717, 1.165) is 23.5 Å². The predicted octanol–water partition coefficient (Wildman–Crippen LogP) is 5.94. The van der Waals surface area contributed by atoms with Crippen molar-refractivity contribution in [2.24, 2.45) is 0 Å². The molecule has 0 unspecified atom stereocenters. The number of para-hydroxylation sites is 1. The molecule has 1 aliphatic heterocycles. The van der Waals surface area contributed by atoms with Crippen molar-refractivity contribution in [2.45, 2.75) is 13.1 Å². The molecule has 3 aromatic carbocycles. The second kappa shape index (κ2) is 13.3. The third-order valence-corrected chi connectivity index (χ3v) is 6.33. The number of piperazine rings is 1. The number of rotatable bonds is 7. The number of carbonyl (C=O) groups excluding carboxylic acids is 1. The van der Waals surface area contributed by atoms with Crippen LogP contribution >= 0.6 is 36.4 Å². The largest absolute Gasteiger partial charge is 0.456 e. The molecular weight excluding hydrogens is 545 g/mol. The Morgan fingerprint density at radius 1 is 0.974 bits per heavy atom. The van der Waals surface area contributed by atoms with Gasteiger partial charge in [0.1, 0.15) is 17.6 Å². The summed E-state index contributed by atoms with van der Waals surface area (Å²) in [7, 11) is 0. The monoisotopic (exact) mass is 569 g/mol. The fourth-order valence-electron chi connectivity index (χ4n) is 4.28. The molecule has 0 radical (unpaired) electrons. The van der Waals surface area contributed by atoms with Crippen molar-refractivity contribution in [1.29, 1.82) is 5.26 Å². The highest BCUT2D eigenvalue weighted by Crippen LogP contribution is 2.27. The van der Waals surface area contributed by atoms with Crippen molar-refractivity contribution in [3.05, 3.63) is 107 Å². The molecule has 4 aromatic rings. The average molecular weight is 571 g/mol. The van der Waals surface area contributed by atoms with Crippen molar-refractivity contribution in [2.75, 3.05) is 24.5 Å². The molecular formula is C28H26Cl3N5O2. The van der Waals surface area contributed by atoms with E-state index < -0.39 is 0 Å². The summed E-state index contributed by atoms with van der Waals surface area (Å²) in [6.07, 6.45) is 3.62. The number of imidazole rings is 1. The van der Waals surface area contributed by atoms with Crippen LogP contribution in [0.2, 0.25) is 5.02 Å². The minimum absolute atomic E-state index is 0. The van der Waals surface area contributed by atoms with Gasteiger partial charge in [0.05, 0.1) is 24.1 Å².